The van der Waals surface area contributed by atoms with Crippen LogP contribution in [0.2, 0.25) is 0 Å². The van der Waals surface area contributed by atoms with E-state index >= 15 is 0 Å². The molecule has 0 amide bonds. The molecule has 1 atom stereocenters. The highest BCUT2D eigenvalue weighted by molar-refractivity contribution is 8.00. The van der Waals surface area contributed by atoms with Gasteiger partial charge in [0.25, 0.3) is 0 Å². The van der Waals surface area contributed by atoms with E-state index in [9.17, 15) is 0 Å². The summed E-state index contributed by atoms with van der Waals surface area (Å²) in [6.07, 6.45) is 1.99. The van der Waals surface area contributed by atoms with E-state index in [0.717, 1.165) is 18.9 Å². The molecule has 0 bridgehead atoms. The predicted octanol–water partition coefficient (Wildman–Crippen LogP) is 2.69. The van der Waals surface area contributed by atoms with Crippen molar-refractivity contribution in [3.63, 3.8) is 0 Å². The Morgan fingerprint density at radius 2 is 2.22 bits per heavy atom. The van der Waals surface area contributed by atoms with Crippen molar-refractivity contribution in [3.8, 4) is 0 Å². The third kappa shape index (κ3) is 3.18. The highest BCUT2D eigenvalue weighted by atomic mass is 32.2. The lowest BCUT2D eigenvalue weighted by molar-refractivity contribution is 0.636. The SMILES string of the molecule is CNC(C)c1ccc(N2CCSC(C)(C)C2)nc1. The van der Waals surface area contributed by atoms with Gasteiger partial charge in [0.1, 0.15) is 5.82 Å². The van der Waals surface area contributed by atoms with Crippen molar-refractivity contribution in [1.29, 1.82) is 0 Å². The number of anilines is 1. The minimum atomic E-state index is 0.330. The van der Waals surface area contributed by atoms with Crippen molar-refractivity contribution in [2.45, 2.75) is 31.6 Å². The number of thioether (sulfide) groups is 1. The van der Waals surface area contributed by atoms with Crippen LogP contribution in [-0.4, -0.2) is 35.6 Å². The van der Waals surface area contributed by atoms with Gasteiger partial charge in [-0.05, 0) is 39.4 Å². The molecule has 3 nitrogen and oxygen atoms in total. The van der Waals surface area contributed by atoms with Gasteiger partial charge in [-0.3, -0.25) is 0 Å². The van der Waals surface area contributed by atoms with Crippen LogP contribution in [0.25, 0.3) is 0 Å². The molecule has 0 aromatic carbocycles. The summed E-state index contributed by atoms with van der Waals surface area (Å²) in [5.74, 6) is 2.29. The summed E-state index contributed by atoms with van der Waals surface area (Å²) in [4.78, 5) is 7.01. The van der Waals surface area contributed by atoms with Crippen LogP contribution in [0.1, 0.15) is 32.4 Å². The highest BCUT2D eigenvalue weighted by Crippen LogP contribution is 2.31. The van der Waals surface area contributed by atoms with E-state index in [1.54, 1.807) is 0 Å². The third-order valence-corrected chi connectivity index (χ3v) is 4.75. The van der Waals surface area contributed by atoms with Gasteiger partial charge in [-0.25, -0.2) is 4.98 Å². The fourth-order valence-corrected chi connectivity index (χ4v) is 3.33. The minimum Gasteiger partial charge on any atom is -0.354 e. The number of hydrogen-bond acceptors (Lipinski definition) is 4. The van der Waals surface area contributed by atoms with Gasteiger partial charge in [0.15, 0.2) is 0 Å². The zero-order valence-electron chi connectivity index (χ0n) is 11.7. The summed E-state index contributed by atoms with van der Waals surface area (Å²) in [7, 11) is 1.98. The second-order valence-electron chi connectivity index (χ2n) is 5.49. The second kappa shape index (κ2) is 5.49. The van der Waals surface area contributed by atoms with Crippen LogP contribution in [0.15, 0.2) is 18.3 Å². The van der Waals surface area contributed by atoms with Crippen LogP contribution < -0.4 is 10.2 Å². The normalized spacial score (nSPS) is 20.8. The molecule has 0 radical (unpaired) electrons. The van der Waals surface area contributed by atoms with Crippen molar-refractivity contribution in [1.82, 2.24) is 10.3 Å². The average molecular weight is 265 g/mol. The number of rotatable bonds is 3. The Kier molecular flexibility index (Phi) is 4.17. The van der Waals surface area contributed by atoms with Gasteiger partial charge in [-0.15, -0.1) is 0 Å². The Balaban J connectivity index is 2.09. The van der Waals surface area contributed by atoms with E-state index in [2.05, 4.69) is 59.9 Å². The predicted molar refractivity (Wildman–Crippen MR) is 80.5 cm³/mol. The van der Waals surface area contributed by atoms with E-state index in [1.807, 2.05) is 13.2 Å². The standard InChI is InChI=1S/C14H23N3S/c1-11(15-4)12-5-6-13(16-9-12)17-7-8-18-14(2,3)10-17/h5-6,9,11,15H,7-8,10H2,1-4H3. The van der Waals surface area contributed by atoms with Gasteiger partial charge in [-0.1, -0.05) is 6.07 Å². The molecule has 100 valence electrons. The molecule has 1 aromatic heterocycles. The summed E-state index contributed by atoms with van der Waals surface area (Å²) >= 11 is 2.05. The molecule has 1 aliphatic heterocycles. The molecular formula is C14H23N3S. The minimum absolute atomic E-state index is 0.330. The zero-order chi connectivity index (χ0) is 13.2. The van der Waals surface area contributed by atoms with E-state index in [0.29, 0.717) is 10.8 Å². The fourth-order valence-electron chi connectivity index (χ4n) is 2.22. The first-order valence-corrected chi connectivity index (χ1v) is 7.52. The van der Waals surface area contributed by atoms with Gasteiger partial charge < -0.3 is 10.2 Å². The van der Waals surface area contributed by atoms with Crippen LogP contribution in [0.3, 0.4) is 0 Å². The molecule has 2 rings (SSSR count). The maximum Gasteiger partial charge on any atom is 0.128 e. The quantitative estimate of drug-likeness (QED) is 0.909. The first-order chi connectivity index (χ1) is 8.52. The Labute approximate surface area is 114 Å². The summed E-state index contributed by atoms with van der Waals surface area (Å²) in [6.45, 7) is 8.94. The first-order valence-electron chi connectivity index (χ1n) is 6.54. The summed E-state index contributed by atoms with van der Waals surface area (Å²) in [5.41, 5.74) is 1.24. The lowest BCUT2D eigenvalue weighted by atomic mass is 10.1. The smallest absolute Gasteiger partial charge is 0.128 e. The van der Waals surface area contributed by atoms with Crippen molar-refractivity contribution in [3.05, 3.63) is 23.9 Å². The number of aromatic nitrogens is 1. The highest BCUT2D eigenvalue weighted by Gasteiger charge is 2.27. The van der Waals surface area contributed by atoms with Gasteiger partial charge >= 0.3 is 0 Å². The van der Waals surface area contributed by atoms with E-state index in [1.165, 1.54) is 11.3 Å². The molecule has 1 N–H and O–H groups in total. The van der Waals surface area contributed by atoms with Gasteiger partial charge in [-0.2, -0.15) is 11.8 Å². The number of pyridine rings is 1. The molecule has 1 aromatic rings. The molecule has 4 heteroatoms. The van der Waals surface area contributed by atoms with Crippen LogP contribution >= 0.6 is 11.8 Å². The van der Waals surface area contributed by atoms with Crippen molar-refractivity contribution >= 4 is 17.6 Å². The number of nitrogens with one attached hydrogen (secondary N) is 1. The van der Waals surface area contributed by atoms with Crippen molar-refractivity contribution in [2.24, 2.45) is 0 Å². The average Bonchev–Trinajstić information content (AvgIpc) is 2.37. The van der Waals surface area contributed by atoms with Crippen LogP contribution in [0, 0.1) is 0 Å². The van der Waals surface area contributed by atoms with E-state index < -0.39 is 0 Å². The summed E-state index contributed by atoms with van der Waals surface area (Å²) < 4.78 is 0.330. The molecular weight excluding hydrogens is 242 g/mol. The Morgan fingerprint density at radius 3 is 2.78 bits per heavy atom. The molecule has 1 unspecified atom stereocenters. The first kappa shape index (κ1) is 13.7. The monoisotopic (exact) mass is 265 g/mol. The molecule has 0 aliphatic carbocycles. The summed E-state index contributed by atoms with van der Waals surface area (Å²) in [5, 5.41) is 3.24. The third-order valence-electron chi connectivity index (χ3n) is 3.45. The fraction of sp³-hybridized carbons (Fsp3) is 0.643. The Bertz CT molecular complexity index is 389. The molecule has 0 saturated carbocycles. The molecule has 0 spiro atoms. The van der Waals surface area contributed by atoms with E-state index in [-0.39, 0.29) is 0 Å². The Morgan fingerprint density at radius 1 is 1.44 bits per heavy atom. The lowest BCUT2D eigenvalue weighted by Gasteiger charge is -2.38. The van der Waals surface area contributed by atoms with Crippen LogP contribution in [0.5, 0.6) is 0 Å². The molecule has 1 saturated heterocycles. The topological polar surface area (TPSA) is 28.2 Å². The Hall–Kier alpha value is -0.740. The maximum absolute atomic E-state index is 4.61. The van der Waals surface area contributed by atoms with Crippen molar-refractivity contribution < 1.29 is 0 Å². The maximum atomic E-state index is 4.61. The molecule has 2 heterocycles. The van der Waals surface area contributed by atoms with Gasteiger partial charge in [0.05, 0.1) is 0 Å². The molecule has 1 aliphatic rings. The number of hydrogen-bond donors (Lipinski definition) is 1. The van der Waals surface area contributed by atoms with Gasteiger partial charge in [0, 0.05) is 35.8 Å². The molecule has 18 heavy (non-hydrogen) atoms. The van der Waals surface area contributed by atoms with Crippen molar-refractivity contribution in [2.75, 3.05) is 30.8 Å². The van der Waals surface area contributed by atoms with Crippen LogP contribution in [0.4, 0.5) is 5.82 Å². The van der Waals surface area contributed by atoms with Crippen LogP contribution in [-0.2, 0) is 0 Å². The van der Waals surface area contributed by atoms with Gasteiger partial charge in [0.2, 0.25) is 0 Å². The molecule has 1 fully saturated rings. The largest absolute Gasteiger partial charge is 0.354 e. The zero-order valence-corrected chi connectivity index (χ0v) is 12.5. The number of nitrogens with zero attached hydrogens (tertiary/aromatic N) is 2. The van der Waals surface area contributed by atoms with E-state index in [4.69, 9.17) is 0 Å². The summed E-state index contributed by atoms with van der Waals surface area (Å²) in [6, 6.07) is 4.69. The lowest BCUT2D eigenvalue weighted by Crippen LogP contribution is -2.43. The second-order valence-corrected chi connectivity index (χ2v) is 7.29.